The highest BCUT2D eigenvalue weighted by Gasteiger charge is 2.13. The van der Waals surface area contributed by atoms with Crippen molar-refractivity contribution in [2.75, 3.05) is 13.7 Å². The molecule has 14 heavy (non-hydrogen) atoms. The Balaban J connectivity index is 3.00. The van der Waals surface area contributed by atoms with Gasteiger partial charge in [0.2, 0.25) is 0 Å². The molecule has 1 rings (SSSR count). The molecule has 0 radical (unpaired) electrons. The molecule has 0 aliphatic rings. The van der Waals surface area contributed by atoms with Crippen LogP contribution in [-0.2, 0) is 4.74 Å². The van der Waals surface area contributed by atoms with Crippen LogP contribution in [0.1, 0.15) is 11.7 Å². The number of hydrogen-bond acceptors (Lipinski definition) is 5. The summed E-state index contributed by atoms with van der Waals surface area (Å²) in [5, 5.41) is 36.7. The number of phenolic OH excluding ortho intramolecular Hbond substituents is 3. The van der Waals surface area contributed by atoms with Gasteiger partial charge in [0.05, 0.1) is 6.61 Å². The minimum atomic E-state index is -0.947. The van der Waals surface area contributed by atoms with Crippen molar-refractivity contribution in [3.05, 3.63) is 17.7 Å². The molecule has 78 valence electrons. The number of rotatable bonds is 3. The highest BCUT2D eigenvalue weighted by atomic mass is 16.5. The third-order valence-corrected chi connectivity index (χ3v) is 1.80. The molecule has 5 heteroatoms. The molecule has 1 unspecified atom stereocenters. The second kappa shape index (κ2) is 4.17. The first-order chi connectivity index (χ1) is 6.56. The van der Waals surface area contributed by atoms with Crippen molar-refractivity contribution in [2.24, 2.45) is 0 Å². The fourth-order valence-corrected chi connectivity index (χ4v) is 1.07. The van der Waals surface area contributed by atoms with Gasteiger partial charge in [-0.15, -0.1) is 0 Å². The Morgan fingerprint density at radius 3 is 2.14 bits per heavy atom. The van der Waals surface area contributed by atoms with Crippen molar-refractivity contribution in [1.82, 2.24) is 0 Å². The lowest BCUT2D eigenvalue weighted by Gasteiger charge is -2.11. The number of ether oxygens (including phenoxy) is 1. The Kier molecular flexibility index (Phi) is 3.16. The van der Waals surface area contributed by atoms with E-state index in [-0.39, 0.29) is 12.2 Å². The van der Waals surface area contributed by atoms with E-state index >= 15 is 0 Å². The van der Waals surface area contributed by atoms with Crippen LogP contribution in [0, 0.1) is 0 Å². The normalized spacial score (nSPS) is 12.7. The summed E-state index contributed by atoms with van der Waals surface area (Å²) in [5.74, 6) is -1.55. The minimum Gasteiger partial charge on any atom is -0.504 e. The van der Waals surface area contributed by atoms with Gasteiger partial charge in [-0.05, 0) is 17.7 Å². The zero-order chi connectivity index (χ0) is 10.7. The number of phenols is 3. The molecule has 1 aromatic carbocycles. The van der Waals surface area contributed by atoms with Gasteiger partial charge < -0.3 is 25.2 Å². The average molecular weight is 200 g/mol. The van der Waals surface area contributed by atoms with E-state index in [0.717, 1.165) is 0 Å². The molecule has 0 heterocycles. The zero-order valence-electron chi connectivity index (χ0n) is 7.64. The maximum Gasteiger partial charge on any atom is 0.200 e. The van der Waals surface area contributed by atoms with E-state index in [2.05, 4.69) is 0 Å². The Hall–Kier alpha value is -1.46. The largest absolute Gasteiger partial charge is 0.504 e. The molecular weight excluding hydrogens is 188 g/mol. The number of methoxy groups -OCH3 is 1. The zero-order valence-corrected chi connectivity index (χ0v) is 7.64. The van der Waals surface area contributed by atoms with Crippen molar-refractivity contribution in [3.63, 3.8) is 0 Å². The molecule has 1 aromatic rings. The monoisotopic (exact) mass is 200 g/mol. The first-order valence-electron chi connectivity index (χ1n) is 3.98. The standard InChI is InChI=1S/C9H12O5/c1-14-4-8(12)5-2-6(10)9(13)7(11)3-5/h2-3,8,10-13H,4H2,1H3. The summed E-state index contributed by atoms with van der Waals surface area (Å²) in [4.78, 5) is 0. The Morgan fingerprint density at radius 2 is 1.71 bits per heavy atom. The third-order valence-electron chi connectivity index (χ3n) is 1.80. The van der Waals surface area contributed by atoms with Crippen LogP contribution in [0.2, 0.25) is 0 Å². The van der Waals surface area contributed by atoms with Crippen LogP contribution in [0.15, 0.2) is 12.1 Å². The lowest BCUT2D eigenvalue weighted by molar-refractivity contribution is 0.0640. The van der Waals surface area contributed by atoms with Crippen molar-refractivity contribution in [3.8, 4) is 17.2 Å². The number of aromatic hydroxyl groups is 3. The summed E-state index contributed by atoms with van der Waals surface area (Å²) >= 11 is 0. The summed E-state index contributed by atoms with van der Waals surface area (Å²) in [7, 11) is 1.42. The molecule has 5 nitrogen and oxygen atoms in total. The smallest absolute Gasteiger partial charge is 0.200 e. The molecule has 0 bridgehead atoms. The topological polar surface area (TPSA) is 90.2 Å². The van der Waals surface area contributed by atoms with E-state index in [1.54, 1.807) is 0 Å². The van der Waals surface area contributed by atoms with Gasteiger partial charge in [-0.25, -0.2) is 0 Å². The molecular formula is C9H12O5. The predicted molar refractivity (Wildman–Crippen MR) is 48.3 cm³/mol. The van der Waals surface area contributed by atoms with E-state index < -0.39 is 23.4 Å². The molecule has 0 aliphatic carbocycles. The van der Waals surface area contributed by atoms with Crippen LogP contribution in [0.5, 0.6) is 17.2 Å². The predicted octanol–water partition coefficient (Wildman–Crippen LogP) is 0.483. The van der Waals surface area contributed by atoms with Gasteiger partial charge in [0.1, 0.15) is 6.10 Å². The van der Waals surface area contributed by atoms with Crippen molar-refractivity contribution in [1.29, 1.82) is 0 Å². The van der Waals surface area contributed by atoms with E-state index in [0.29, 0.717) is 0 Å². The summed E-state index contributed by atoms with van der Waals surface area (Å²) in [6.45, 7) is 0.0453. The third kappa shape index (κ3) is 2.07. The Labute approximate surface area is 80.8 Å². The molecule has 0 aliphatic heterocycles. The number of benzene rings is 1. The Bertz CT molecular complexity index is 300. The van der Waals surface area contributed by atoms with Gasteiger partial charge in [0, 0.05) is 7.11 Å². The highest BCUT2D eigenvalue weighted by molar-refractivity contribution is 5.51. The molecule has 0 spiro atoms. The van der Waals surface area contributed by atoms with Gasteiger partial charge in [-0.3, -0.25) is 0 Å². The van der Waals surface area contributed by atoms with E-state index in [1.807, 2.05) is 0 Å². The van der Waals surface area contributed by atoms with Gasteiger partial charge >= 0.3 is 0 Å². The fraction of sp³-hybridized carbons (Fsp3) is 0.333. The van der Waals surface area contributed by atoms with Crippen molar-refractivity contribution in [2.45, 2.75) is 6.10 Å². The maximum absolute atomic E-state index is 9.43. The van der Waals surface area contributed by atoms with Crippen molar-refractivity contribution >= 4 is 0 Å². The quantitative estimate of drug-likeness (QED) is 0.533. The summed E-state index contributed by atoms with van der Waals surface area (Å²) in [6, 6.07) is 2.33. The maximum atomic E-state index is 9.43. The van der Waals surface area contributed by atoms with Crippen LogP contribution >= 0.6 is 0 Å². The summed E-state index contributed by atoms with van der Waals surface area (Å²) in [5.41, 5.74) is 0.277. The molecule has 0 aromatic heterocycles. The van der Waals surface area contributed by atoms with Crippen LogP contribution in [-0.4, -0.2) is 34.1 Å². The molecule has 0 saturated heterocycles. The van der Waals surface area contributed by atoms with Crippen LogP contribution in [0.25, 0.3) is 0 Å². The van der Waals surface area contributed by atoms with Crippen LogP contribution < -0.4 is 0 Å². The van der Waals surface area contributed by atoms with E-state index in [4.69, 9.17) is 20.1 Å². The second-order valence-corrected chi connectivity index (χ2v) is 2.88. The van der Waals surface area contributed by atoms with Crippen molar-refractivity contribution < 1.29 is 25.2 Å². The van der Waals surface area contributed by atoms with E-state index in [1.165, 1.54) is 19.2 Å². The van der Waals surface area contributed by atoms with E-state index in [9.17, 15) is 5.11 Å². The average Bonchev–Trinajstić information content (AvgIpc) is 2.13. The number of hydrogen-bond donors (Lipinski definition) is 4. The molecule has 0 amide bonds. The minimum absolute atomic E-state index is 0.0453. The van der Waals surface area contributed by atoms with Gasteiger partial charge in [-0.2, -0.15) is 0 Å². The second-order valence-electron chi connectivity index (χ2n) is 2.88. The van der Waals surface area contributed by atoms with Crippen LogP contribution in [0.4, 0.5) is 0 Å². The first-order valence-corrected chi connectivity index (χ1v) is 3.98. The molecule has 0 saturated carbocycles. The van der Waals surface area contributed by atoms with Gasteiger partial charge in [0.25, 0.3) is 0 Å². The first kappa shape index (κ1) is 10.6. The molecule has 4 N–H and O–H groups in total. The van der Waals surface area contributed by atoms with Crippen LogP contribution in [0.3, 0.4) is 0 Å². The lowest BCUT2D eigenvalue weighted by atomic mass is 10.1. The Morgan fingerprint density at radius 1 is 1.21 bits per heavy atom. The summed E-state index contributed by atoms with van der Waals surface area (Å²) < 4.78 is 4.69. The molecule has 0 fully saturated rings. The molecule has 1 atom stereocenters. The SMILES string of the molecule is COCC(O)c1cc(O)c(O)c(O)c1. The van der Waals surface area contributed by atoms with Gasteiger partial charge in [-0.1, -0.05) is 0 Å². The number of aliphatic hydroxyl groups excluding tert-OH is 1. The number of aliphatic hydroxyl groups is 1. The summed E-state index contributed by atoms with van der Waals surface area (Å²) in [6.07, 6.45) is -0.947. The highest BCUT2D eigenvalue weighted by Crippen LogP contribution is 2.37. The lowest BCUT2D eigenvalue weighted by Crippen LogP contribution is -2.04. The fourth-order valence-electron chi connectivity index (χ4n) is 1.07. The van der Waals surface area contributed by atoms with Gasteiger partial charge in [0.15, 0.2) is 17.2 Å².